The minimum absolute atomic E-state index is 0.0421. The smallest absolute Gasteiger partial charge is 0.253 e. The molecule has 0 saturated heterocycles. The lowest BCUT2D eigenvalue weighted by Crippen LogP contribution is -2.49. The summed E-state index contributed by atoms with van der Waals surface area (Å²) in [6, 6.07) is 10.2. The average Bonchev–Trinajstić information content (AvgIpc) is 3.42. The molecule has 45 heavy (non-hydrogen) atoms. The van der Waals surface area contributed by atoms with Gasteiger partial charge in [-0.25, -0.2) is 18.5 Å². The number of aliphatic hydroxyl groups excluding tert-OH is 5. The summed E-state index contributed by atoms with van der Waals surface area (Å²) in [5.41, 5.74) is 6.17. The number of hydrogen-bond donors (Lipinski definition) is 11. The second kappa shape index (κ2) is 12.8. The molecule has 240 valence electrons. The van der Waals surface area contributed by atoms with Gasteiger partial charge in [0, 0.05) is 35.8 Å². The number of aromatic hydroxyl groups is 2. The Hall–Kier alpha value is -4.62. The third-order valence-corrected chi connectivity index (χ3v) is 8.04. The van der Waals surface area contributed by atoms with Gasteiger partial charge in [-0.15, -0.1) is 0 Å². The summed E-state index contributed by atoms with van der Waals surface area (Å²) in [5.74, 6) is -1.94. The Bertz CT molecular complexity index is 1880. The predicted octanol–water partition coefficient (Wildman–Crippen LogP) is -1.25. The van der Waals surface area contributed by atoms with Gasteiger partial charge in [0.2, 0.25) is 10.0 Å². The molecule has 4 aromatic rings. The van der Waals surface area contributed by atoms with Crippen molar-refractivity contribution in [1.29, 1.82) is 5.41 Å². The number of aliphatic hydroxyl groups is 5. The molecule has 16 nitrogen and oxygen atoms in total. The van der Waals surface area contributed by atoms with E-state index < -0.39 is 69.9 Å². The summed E-state index contributed by atoms with van der Waals surface area (Å²) in [4.78, 5) is 21.6. The standard InChI is InChI=1S/C28H32N6O10S/c1-34(10-21(37)24(40)25(41)22(38)11-35)28(42)13-6-16(15-9-14(45(31,43)44)3-5-20(15)36)23(39)17(7-13)27-32-18-4-2-12(26(29)30)8-19(18)33-27/h2-9,21-22,24-25,35-41H,10-11H2,1H3,(H3,29,30)(H,32,33)(H2,31,43,44). The van der Waals surface area contributed by atoms with Crippen molar-refractivity contribution in [3.05, 3.63) is 59.7 Å². The first-order valence-electron chi connectivity index (χ1n) is 13.2. The van der Waals surface area contributed by atoms with Crippen molar-refractivity contribution in [2.45, 2.75) is 29.3 Å². The number of nitrogens with zero attached hydrogens (tertiary/aromatic N) is 2. The number of H-pyrrole nitrogens is 1. The molecular formula is C28H32N6O10S. The van der Waals surface area contributed by atoms with E-state index in [4.69, 9.17) is 21.4 Å². The van der Waals surface area contributed by atoms with Crippen LogP contribution >= 0.6 is 0 Å². The number of phenolic OH excluding ortho intramolecular Hbond substituents is 2. The highest BCUT2D eigenvalue weighted by atomic mass is 32.2. The van der Waals surface area contributed by atoms with Crippen LogP contribution in [-0.2, 0) is 10.0 Å². The number of aromatic amines is 1. The Balaban J connectivity index is 1.85. The number of nitrogens with two attached hydrogens (primary N) is 2. The predicted molar refractivity (Wildman–Crippen MR) is 161 cm³/mol. The van der Waals surface area contributed by atoms with E-state index in [1.54, 1.807) is 12.1 Å². The van der Waals surface area contributed by atoms with Crippen molar-refractivity contribution in [2.24, 2.45) is 10.9 Å². The number of hydrogen-bond acceptors (Lipinski definition) is 12. The Morgan fingerprint density at radius 1 is 0.956 bits per heavy atom. The molecule has 17 heteroatoms. The molecule has 3 aromatic carbocycles. The van der Waals surface area contributed by atoms with Crippen LogP contribution in [0.4, 0.5) is 0 Å². The number of imidazole rings is 1. The highest BCUT2D eigenvalue weighted by molar-refractivity contribution is 7.89. The summed E-state index contributed by atoms with van der Waals surface area (Å²) in [6.07, 6.45) is -7.39. The summed E-state index contributed by atoms with van der Waals surface area (Å²) in [5, 5.41) is 84.1. The van der Waals surface area contributed by atoms with Crippen molar-refractivity contribution in [2.75, 3.05) is 20.2 Å². The van der Waals surface area contributed by atoms with E-state index in [9.17, 15) is 43.9 Å². The lowest BCUT2D eigenvalue weighted by atomic mass is 9.96. The van der Waals surface area contributed by atoms with Gasteiger partial charge in [0.05, 0.1) is 28.1 Å². The van der Waals surface area contributed by atoms with Crippen LogP contribution in [0.5, 0.6) is 11.5 Å². The maximum absolute atomic E-state index is 13.6. The largest absolute Gasteiger partial charge is 0.507 e. The minimum Gasteiger partial charge on any atom is -0.507 e. The Morgan fingerprint density at radius 2 is 1.60 bits per heavy atom. The molecule has 0 radical (unpaired) electrons. The van der Waals surface area contributed by atoms with E-state index in [0.717, 1.165) is 29.2 Å². The van der Waals surface area contributed by atoms with E-state index in [2.05, 4.69) is 9.97 Å². The molecule has 1 heterocycles. The maximum Gasteiger partial charge on any atom is 0.253 e. The minimum atomic E-state index is -4.25. The number of carbonyl (C=O) groups excluding carboxylic acids is 1. The van der Waals surface area contributed by atoms with E-state index in [1.807, 2.05) is 0 Å². The molecule has 0 saturated carbocycles. The molecule has 0 aliphatic rings. The van der Waals surface area contributed by atoms with Crippen LogP contribution < -0.4 is 10.9 Å². The molecule has 0 bridgehead atoms. The zero-order valence-corrected chi connectivity index (χ0v) is 24.5. The number of likely N-dealkylation sites (N-methyl/N-ethyl adjacent to an activating group) is 1. The van der Waals surface area contributed by atoms with Gasteiger partial charge in [0.15, 0.2) is 0 Å². The summed E-state index contributed by atoms with van der Waals surface area (Å²) >= 11 is 0. The highest BCUT2D eigenvalue weighted by Gasteiger charge is 2.32. The number of amidine groups is 1. The fourth-order valence-electron chi connectivity index (χ4n) is 4.61. The molecule has 4 unspecified atom stereocenters. The van der Waals surface area contributed by atoms with Crippen LogP contribution in [0.1, 0.15) is 15.9 Å². The fourth-order valence-corrected chi connectivity index (χ4v) is 5.15. The number of benzene rings is 3. The SMILES string of the molecule is CN(CC(O)C(O)C(O)C(O)CO)C(=O)c1cc(-c2nc3cc(C(=N)N)ccc3[nH]2)c(O)c(-c2cc(S(N)(=O)=O)ccc2O)c1. The molecule has 4 rings (SSSR count). The Morgan fingerprint density at radius 3 is 2.22 bits per heavy atom. The van der Waals surface area contributed by atoms with E-state index in [0.29, 0.717) is 16.6 Å². The number of sulfonamides is 1. The van der Waals surface area contributed by atoms with Gasteiger partial charge in [-0.1, -0.05) is 0 Å². The summed E-state index contributed by atoms with van der Waals surface area (Å²) in [6.45, 7) is -1.46. The first-order chi connectivity index (χ1) is 21.0. The molecule has 4 atom stereocenters. The van der Waals surface area contributed by atoms with Crippen molar-refractivity contribution in [3.8, 4) is 34.0 Å². The third kappa shape index (κ3) is 6.89. The highest BCUT2D eigenvalue weighted by Crippen LogP contribution is 2.43. The normalized spacial score (nSPS) is 14.6. The van der Waals surface area contributed by atoms with Crippen molar-refractivity contribution >= 4 is 32.8 Å². The molecule has 0 fully saturated rings. The fraction of sp³-hybridized carbons (Fsp3) is 0.250. The number of phenols is 2. The number of nitrogen functional groups attached to an aromatic ring is 1. The van der Waals surface area contributed by atoms with Crippen LogP contribution in [0.2, 0.25) is 0 Å². The van der Waals surface area contributed by atoms with Crippen LogP contribution in [0.15, 0.2) is 53.4 Å². The van der Waals surface area contributed by atoms with E-state index >= 15 is 0 Å². The third-order valence-electron chi connectivity index (χ3n) is 7.13. The molecule has 0 spiro atoms. The average molecular weight is 645 g/mol. The molecular weight excluding hydrogens is 612 g/mol. The van der Waals surface area contributed by atoms with Crippen molar-refractivity contribution in [1.82, 2.24) is 14.9 Å². The monoisotopic (exact) mass is 644 g/mol. The van der Waals surface area contributed by atoms with Gasteiger partial charge in [-0.05, 0) is 48.5 Å². The first kappa shape index (κ1) is 33.3. The lowest BCUT2D eigenvalue weighted by molar-refractivity contribution is -0.117. The summed E-state index contributed by atoms with van der Waals surface area (Å²) in [7, 11) is -3.00. The van der Waals surface area contributed by atoms with Gasteiger partial charge in [0.25, 0.3) is 5.91 Å². The Kier molecular flexibility index (Phi) is 9.45. The first-order valence-corrected chi connectivity index (χ1v) is 14.7. The van der Waals surface area contributed by atoms with Crippen molar-refractivity contribution in [3.63, 3.8) is 0 Å². The summed E-state index contributed by atoms with van der Waals surface area (Å²) < 4.78 is 24.1. The number of fused-ring (bicyclic) bond motifs is 1. The number of rotatable bonds is 11. The van der Waals surface area contributed by atoms with Crippen LogP contribution in [0.3, 0.4) is 0 Å². The molecule has 13 N–H and O–H groups in total. The van der Waals surface area contributed by atoms with Gasteiger partial charge in [0.1, 0.15) is 47.6 Å². The number of carbonyl (C=O) groups is 1. The van der Waals surface area contributed by atoms with Gasteiger partial charge in [-0.2, -0.15) is 0 Å². The number of nitrogens with one attached hydrogen (secondary N) is 2. The van der Waals surface area contributed by atoms with Gasteiger partial charge < -0.3 is 51.4 Å². The van der Waals surface area contributed by atoms with Gasteiger partial charge >= 0.3 is 0 Å². The quantitative estimate of drug-likeness (QED) is 0.0674. The topological polar surface area (TPSA) is 301 Å². The molecule has 1 aromatic heterocycles. The zero-order chi connectivity index (χ0) is 33.4. The maximum atomic E-state index is 13.6. The van der Waals surface area contributed by atoms with E-state index in [-0.39, 0.29) is 33.9 Å². The zero-order valence-electron chi connectivity index (χ0n) is 23.7. The number of amides is 1. The van der Waals surface area contributed by atoms with Crippen LogP contribution in [-0.4, -0.2) is 115 Å². The van der Waals surface area contributed by atoms with Crippen LogP contribution in [0, 0.1) is 5.41 Å². The molecule has 0 aliphatic heterocycles. The lowest BCUT2D eigenvalue weighted by Gasteiger charge is -2.28. The molecule has 0 aliphatic carbocycles. The number of primary sulfonamides is 1. The molecule has 1 amide bonds. The van der Waals surface area contributed by atoms with Gasteiger partial charge in [-0.3, -0.25) is 10.2 Å². The Labute approximate surface area is 256 Å². The van der Waals surface area contributed by atoms with Crippen molar-refractivity contribution < 1.29 is 49.0 Å². The number of aromatic nitrogens is 2. The van der Waals surface area contributed by atoms with Crippen LogP contribution in [0.25, 0.3) is 33.5 Å². The van der Waals surface area contributed by atoms with E-state index in [1.165, 1.54) is 19.2 Å². The second-order valence-corrected chi connectivity index (χ2v) is 11.9. The second-order valence-electron chi connectivity index (χ2n) is 10.4.